The van der Waals surface area contributed by atoms with Crippen molar-refractivity contribution in [3.8, 4) is 0 Å². The van der Waals surface area contributed by atoms with Gasteiger partial charge in [-0.2, -0.15) is 0 Å². The molecule has 0 spiro atoms. The highest BCUT2D eigenvalue weighted by molar-refractivity contribution is 6.08. The molecule has 0 saturated heterocycles. The molecule has 2 rings (SSSR count). The van der Waals surface area contributed by atoms with Crippen LogP contribution in [0.25, 0.3) is 0 Å². The number of methoxy groups -OCH3 is 1. The fourth-order valence-electron chi connectivity index (χ4n) is 2.66. The van der Waals surface area contributed by atoms with Gasteiger partial charge in [-0.05, 0) is 17.7 Å². The molecule has 1 aliphatic rings. The average Bonchev–Trinajstić information content (AvgIpc) is 2.91. The molecule has 1 amide bonds. The van der Waals surface area contributed by atoms with E-state index in [1.54, 1.807) is 0 Å². The van der Waals surface area contributed by atoms with Gasteiger partial charge in [0.1, 0.15) is 5.70 Å². The predicted octanol–water partition coefficient (Wildman–Crippen LogP) is -0.315. The topological polar surface area (TPSA) is 153 Å². The van der Waals surface area contributed by atoms with Gasteiger partial charge in [-0.15, -0.1) is 0 Å². The van der Waals surface area contributed by atoms with Crippen molar-refractivity contribution in [3.05, 3.63) is 40.6 Å². The number of aliphatic carboxylic acids is 1. The Labute approximate surface area is 153 Å². The Bertz CT molecular complexity index is 830. The zero-order chi connectivity index (χ0) is 20.1. The number of amides is 1. The van der Waals surface area contributed by atoms with Crippen molar-refractivity contribution in [2.24, 2.45) is 0 Å². The third kappa shape index (κ3) is 4.42. The number of carboxylic acids is 2. The highest BCUT2D eigenvalue weighted by Gasteiger charge is 2.34. The van der Waals surface area contributed by atoms with Gasteiger partial charge in [0.2, 0.25) is 0 Å². The zero-order valence-corrected chi connectivity index (χ0v) is 14.4. The van der Waals surface area contributed by atoms with Crippen LogP contribution in [0.2, 0.25) is 0 Å². The average molecular weight is 378 g/mol. The Kier molecular flexibility index (Phi) is 6.14. The van der Waals surface area contributed by atoms with Gasteiger partial charge in [-0.3, -0.25) is 9.59 Å². The molecule has 0 radical (unpaired) electrons. The lowest BCUT2D eigenvalue weighted by Crippen LogP contribution is -2.31. The maximum atomic E-state index is 12.5. The van der Waals surface area contributed by atoms with E-state index >= 15 is 0 Å². The number of aliphatic hydroxyl groups excluding tert-OH is 1. The second kappa shape index (κ2) is 8.32. The SMILES string of the molecule is COC(=O)C1=C(Nc2ccc(CC(=O)O)c(C(=O)O)c2)C(=O)N(CCO)C1. The number of ether oxygens (including phenoxy) is 1. The van der Waals surface area contributed by atoms with Crippen molar-refractivity contribution < 1.29 is 39.2 Å². The van der Waals surface area contributed by atoms with E-state index < -0.39 is 30.2 Å². The molecule has 27 heavy (non-hydrogen) atoms. The second-order valence-corrected chi connectivity index (χ2v) is 5.67. The third-order valence-corrected chi connectivity index (χ3v) is 3.90. The number of aromatic carboxylic acids is 1. The van der Waals surface area contributed by atoms with E-state index in [2.05, 4.69) is 10.1 Å². The molecule has 4 N–H and O–H groups in total. The van der Waals surface area contributed by atoms with Gasteiger partial charge in [0, 0.05) is 12.2 Å². The van der Waals surface area contributed by atoms with Crippen LogP contribution in [0.5, 0.6) is 0 Å². The molecule has 1 aromatic rings. The molecule has 0 aromatic heterocycles. The summed E-state index contributed by atoms with van der Waals surface area (Å²) >= 11 is 0. The van der Waals surface area contributed by atoms with Crippen LogP contribution >= 0.6 is 0 Å². The lowest BCUT2D eigenvalue weighted by atomic mass is 10.0. The molecule has 0 bridgehead atoms. The van der Waals surface area contributed by atoms with E-state index in [4.69, 9.17) is 10.2 Å². The van der Waals surface area contributed by atoms with Crippen LogP contribution in [-0.4, -0.2) is 70.8 Å². The van der Waals surface area contributed by atoms with Gasteiger partial charge in [0.25, 0.3) is 5.91 Å². The number of nitrogens with zero attached hydrogens (tertiary/aromatic N) is 1. The number of aliphatic hydroxyl groups is 1. The molecule has 1 aromatic carbocycles. The fraction of sp³-hybridized carbons (Fsp3) is 0.294. The molecule has 1 heterocycles. The number of carbonyl (C=O) groups is 4. The van der Waals surface area contributed by atoms with E-state index in [-0.39, 0.29) is 47.8 Å². The molecule has 0 atom stereocenters. The third-order valence-electron chi connectivity index (χ3n) is 3.90. The summed E-state index contributed by atoms with van der Waals surface area (Å²) in [5, 5.41) is 29.9. The van der Waals surface area contributed by atoms with Gasteiger partial charge < -0.3 is 30.3 Å². The Balaban J connectivity index is 2.39. The predicted molar refractivity (Wildman–Crippen MR) is 91.1 cm³/mol. The van der Waals surface area contributed by atoms with E-state index in [1.165, 1.54) is 23.1 Å². The highest BCUT2D eigenvalue weighted by Crippen LogP contribution is 2.24. The number of esters is 1. The zero-order valence-electron chi connectivity index (χ0n) is 14.4. The van der Waals surface area contributed by atoms with Crippen LogP contribution in [0.1, 0.15) is 15.9 Å². The molecule has 1 aliphatic heterocycles. The number of carboxylic acid groups (broad SMARTS) is 2. The molecular weight excluding hydrogens is 360 g/mol. The van der Waals surface area contributed by atoms with E-state index in [0.717, 1.165) is 7.11 Å². The number of rotatable bonds is 8. The summed E-state index contributed by atoms with van der Waals surface area (Å²) in [5.74, 6) is -3.78. The molecular formula is C17H18N2O8. The van der Waals surface area contributed by atoms with Gasteiger partial charge in [0.05, 0.1) is 37.8 Å². The molecule has 0 saturated carbocycles. The van der Waals surface area contributed by atoms with E-state index in [9.17, 15) is 24.3 Å². The molecule has 10 heteroatoms. The largest absolute Gasteiger partial charge is 0.481 e. The lowest BCUT2D eigenvalue weighted by molar-refractivity contribution is -0.137. The second-order valence-electron chi connectivity index (χ2n) is 5.67. The smallest absolute Gasteiger partial charge is 0.337 e. The van der Waals surface area contributed by atoms with Crippen molar-refractivity contribution in [3.63, 3.8) is 0 Å². The number of anilines is 1. The van der Waals surface area contributed by atoms with Crippen LogP contribution in [0.4, 0.5) is 5.69 Å². The standard InChI is InChI=1S/C17H18N2O8/c1-27-17(26)12-8-19(4-5-20)15(23)14(12)18-10-3-2-9(6-13(21)22)11(7-10)16(24)25/h2-3,7,18,20H,4-6,8H2,1H3,(H,21,22)(H,24,25). The number of nitrogens with one attached hydrogen (secondary N) is 1. The van der Waals surface area contributed by atoms with Gasteiger partial charge in [-0.25, -0.2) is 9.59 Å². The maximum absolute atomic E-state index is 12.5. The first kappa shape index (κ1) is 19.9. The van der Waals surface area contributed by atoms with E-state index in [1.807, 2.05) is 0 Å². The number of hydrogen-bond acceptors (Lipinski definition) is 7. The van der Waals surface area contributed by atoms with Crippen molar-refractivity contribution in [1.29, 1.82) is 0 Å². The van der Waals surface area contributed by atoms with Crippen LogP contribution in [0.3, 0.4) is 0 Å². The molecule has 0 unspecified atom stereocenters. The number of benzene rings is 1. The minimum absolute atomic E-state index is 0.0163. The first-order valence-electron chi connectivity index (χ1n) is 7.85. The van der Waals surface area contributed by atoms with Crippen LogP contribution < -0.4 is 5.32 Å². The van der Waals surface area contributed by atoms with Gasteiger partial charge in [0.15, 0.2) is 0 Å². The van der Waals surface area contributed by atoms with Crippen molar-refractivity contribution in [2.45, 2.75) is 6.42 Å². The minimum Gasteiger partial charge on any atom is -0.481 e. The molecule has 0 fully saturated rings. The summed E-state index contributed by atoms with van der Waals surface area (Å²) in [7, 11) is 1.16. The monoisotopic (exact) mass is 378 g/mol. The molecule has 0 aliphatic carbocycles. The Morgan fingerprint density at radius 1 is 1.26 bits per heavy atom. The first-order valence-corrected chi connectivity index (χ1v) is 7.85. The highest BCUT2D eigenvalue weighted by atomic mass is 16.5. The lowest BCUT2D eigenvalue weighted by Gasteiger charge is -2.15. The summed E-state index contributed by atoms with van der Waals surface area (Å²) in [5.41, 5.74) is 0.0138. The summed E-state index contributed by atoms with van der Waals surface area (Å²) in [6, 6.07) is 3.92. The number of hydrogen-bond donors (Lipinski definition) is 4. The minimum atomic E-state index is -1.32. The Morgan fingerprint density at radius 2 is 1.96 bits per heavy atom. The summed E-state index contributed by atoms with van der Waals surface area (Å²) in [4.78, 5) is 47.9. The van der Waals surface area contributed by atoms with Crippen molar-refractivity contribution >= 4 is 29.5 Å². The normalized spacial score (nSPS) is 13.7. The van der Waals surface area contributed by atoms with E-state index in [0.29, 0.717) is 0 Å². The fourth-order valence-corrected chi connectivity index (χ4v) is 2.66. The summed E-state index contributed by atoms with van der Waals surface area (Å²) in [6.07, 6.45) is -0.471. The van der Waals surface area contributed by atoms with Crippen molar-refractivity contribution in [1.82, 2.24) is 4.90 Å². The van der Waals surface area contributed by atoms with Crippen LogP contribution in [-0.2, 0) is 25.5 Å². The quantitative estimate of drug-likeness (QED) is 0.446. The number of carbonyl (C=O) groups excluding carboxylic acids is 2. The number of β-amino-alcohol motifs (C(OH)–C–C–N with tert-alkyl or cyclic N) is 1. The first-order chi connectivity index (χ1) is 12.8. The molecule has 144 valence electrons. The molecule has 10 nitrogen and oxygen atoms in total. The summed E-state index contributed by atoms with van der Waals surface area (Å²) in [6.45, 7) is -0.333. The van der Waals surface area contributed by atoms with Crippen LogP contribution in [0.15, 0.2) is 29.5 Å². The van der Waals surface area contributed by atoms with Gasteiger partial charge >= 0.3 is 17.9 Å². The van der Waals surface area contributed by atoms with Gasteiger partial charge in [-0.1, -0.05) is 6.07 Å². The Hall–Kier alpha value is -3.40. The Morgan fingerprint density at radius 3 is 2.52 bits per heavy atom. The summed E-state index contributed by atoms with van der Waals surface area (Å²) < 4.78 is 4.66. The van der Waals surface area contributed by atoms with Crippen LogP contribution in [0, 0.1) is 0 Å². The van der Waals surface area contributed by atoms with Crippen molar-refractivity contribution in [2.75, 3.05) is 32.1 Å². The maximum Gasteiger partial charge on any atom is 0.337 e.